The minimum absolute atomic E-state index is 0.557. The van der Waals surface area contributed by atoms with Crippen LogP contribution in [0.25, 0.3) is 0 Å². The number of rotatable bonds is 1. The lowest BCUT2D eigenvalue weighted by Gasteiger charge is -1.94. The van der Waals surface area contributed by atoms with Crippen molar-refractivity contribution in [2.45, 2.75) is 0 Å². The molecule has 0 unspecified atom stereocenters. The normalized spacial score (nSPS) is 9.11. The predicted molar refractivity (Wildman–Crippen MR) is 41.3 cm³/mol. The van der Waals surface area contributed by atoms with Gasteiger partial charge < -0.3 is 4.74 Å². The summed E-state index contributed by atoms with van der Waals surface area (Å²) >= 11 is 2.08. The van der Waals surface area contributed by atoms with Crippen molar-refractivity contribution in [3.05, 3.63) is 16.1 Å². The third-order valence-corrected chi connectivity index (χ3v) is 1.31. The van der Waals surface area contributed by atoms with Crippen LogP contribution in [0.3, 0.4) is 0 Å². The molecule has 0 fully saturated rings. The van der Waals surface area contributed by atoms with Crippen molar-refractivity contribution in [2.75, 3.05) is 7.11 Å². The van der Waals surface area contributed by atoms with E-state index in [-0.39, 0.29) is 0 Å². The van der Waals surface area contributed by atoms with Crippen molar-refractivity contribution in [3.8, 4) is 5.88 Å². The summed E-state index contributed by atoms with van der Waals surface area (Å²) in [5.41, 5.74) is 0. The Bertz CT molecular complexity index is 204. The molecule has 0 amide bonds. The minimum Gasteiger partial charge on any atom is -0.480 e. The summed E-state index contributed by atoms with van der Waals surface area (Å²) in [6.45, 7) is 0. The van der Waals surface area contributed by atoms with Gasteiger partial charge in [-0.25, -0.2) is 4.98 Å². The van der Waals surface area contributed by atoms with Crippen LogP contribution < -0.4 is 4.74 Å². The second-order valence-electron chi connectivity index (χ2n) is 1.38. The van der Waals surface area contributed by atoms with E-state index in [1.807, 2.05) is 0 Å². The summed E-state index contributed by atoms with van der Waals surface area (Å²) in [7, 11) is 1.57. The van der Waals surface area contributed by atoms with E-state index in [1.165, 1.54) is 0 Å². The molecule has 0 aliphatic heterocycles. The standard InChI is InChI=1S/C5H5IN2O/c1-9-5-3-7-2-4(6)8-5/h2-3H,1H3. The molecule has 0 atom stereocenters. The Kier molecular flexibility index (Phi) is 2.21. The van der Waals surface area contributed by atoms with Crippen molar-refractivity contribution < 1.29 is 4.74 Å². The van der Waals surface area contributed by atoms with Crippen LogP contribution in [-0.4, -0.2) is 17.1 Å². The second-order valence-corrected chi connectivity index (χ2v) is 2.49. The zero-order valence-corrected chi connectivity index (χ0v) is 6.99. The molecule has 0 aliphatic carbocycles. The topological polar surface area (TPSA) is 35.0 Å². The summed E-state index contributed by atoms with van der Waals surface area (Å²) in [6.07, 6.45) is 3.24. The summed E-state index contributed by atoms with van der Waals surface area (Å²) < 4.78 is 5.66. The number of ether oxygens (including phenoxy) is 1. The fourth-order valence-electron chi connectivity index (χ4n) is 0.424. The van der Waals surface area contributed by atoms with Gasteiger partial charge in [0, 0.05) is 0 Å². The van der Waals surface area contributed by atoms with Crippen molar-refractivity contribution in [1.82, 2.24) is 9.97 Å². The molecular weight excluding hydrogens is 231 g/mol. The first-order valence-corrected chi connectivity index (χ1v) is 3.42. The van der Waals surface area contributed by atoms with E-state index >= 15 is 0 Å². The van der Waals surface area contributed by atoms with Crippen LogP contribution >= 0.6 is 22.6 Å². The zero-order chi connectivity index (χ0) is 6.69. The quantitative estimate of drug-likeness (QED) is 0.684. The van der Waals surface area contributed by atoms with Crippen molar-refractivity contribution >= 4 is 22.6 Å². The predicted octanol–water partition coefficient (Wildman–Crippen LogP) is 1.09. The molecule has 1 rings (SSSR count). The van der Waals surface area contributed by atoms with E-state index in [9.17, 15) is 0 Å². The van der Waals surface area contributed by atoms with Gasteiger partial charge >= 0.3 is 0 Å². The molecule has 0 spiro atoms. The van der Waals surface area contributed by atoms with Gasteiger partial charge in [0.1, 0.15) is 3.70 Å². The first kappa shape index (κ1) is 6.73. The van der Waals surface area contributed by atoms with E-state index in [0.717, 1.165) is 3.70 Å². The van der Waals surface area contributed by atoms with Gasteiger partial charge in [-0.15, -0.1) is 0 Å². The van der Waals surface area contributed by atoms with Crippen LogP contribution in [0.4, 0.5) is 0 Å². The van der Waals surface area contributed by atoms with Gasteiger partial charge in [0.05, 0.1) is 19.5 Å². The lowest BCUT2D eigenvalue weighted by molar-refractivity contribution is 0.394. The lowest BCUT2D eigenvalue weighted by Crippen LogP contribution is -1.89. The Morgan fingerprint density at radius 2 is 2.33 bits per heavy atom. The Labute approximate surface area is 66.6 Å². The maximum atomic E-state index is 4.82. The maximum absolute atomic E-state index is 4.82. The molecule has 4 heteroatoms. The van der Waals surface area contributed by atoms with Gasteiger partial charge in [0.2, 0.25) is 5.88 Å². The van der Waals surface area contributed by atoms with E-state index in [0.29, 0.717) is 5.88 Å². The molecule has 0 aromatic carbocycles. The number of hydrogen-bond donors (Lipinski definition) is 0. The maximum Gasteiger partial charge on any atom is 0.233 e. The highest BCUT2D eigenvalue weighted by Crippen LogP contribution is 2.04. The molecule has 0 saturated heterocycles. The van der Waals surface area contributed by atoms with E-state index in [1.54, 1.807) is 19.5 Å². The third kappa shape index (κ3) is 1.78. The zero-order valence-electron chi connectivity index (χ0n) is 4.84. The van der Waals surface area contributed by atoms with E-state index < -0.39 is 0 Å². The first-order valence-electron chi connectivity index (χ1n) is 2.34. The van der Waals surface area contributed by atoms with Gasteiger partial charge in [0.25, 0.3) is 0 Å². The summed E-state index contributed by atoms with van der Waals surface area (Å²) in [5.74, 6) is 0.557. The van der Waals surface area contributed by atoms with Gasteiger partial charge in [-0.05, 0) is 22.6 Å². The SMILES string of the molecule is COc1cncc(I)n1. The van der Waals surface area contributed by atoms with E-state index in [4.69, 9.17) is 4.74 Å². The molecule has 0 saturated carbocycles. The highest BCUT2D eigenvalue weighted by atomic mass is 127. The molecule has 48 valence electrons. The van der Waals surface area contributed by atoms with Gasteiger partial charge in [-0.1, -0.05) is 0 Å². The number of halogens is 1. The lowest BCUT2D eigenvalue weighted by atomic mass is 10.7. The van der Waals surface area contributed by atoms with Crippen LogP contribution in [0.2, 0.25) is 0 Å². The van der Waals surface area contributed by atoms with E-state index in [2.05, 4.69) is 32.6 Å². The average Bonchev–Trinajstić information content (AvgIpc) is 1.88. The second kappa shape index (κ2) is 2.95. The molecule has 0 N–H and O–H groups in total. The largest absolute Gasteiger partial charge is 0.480 e. The Hall–Kier alpha value is -0.390. The molecule has 0 bridgehead atoms. The Morgan fingerprint density at radius 1 is 1.56 bits per heavy atom. The summed E-state index contributed by atoms with van der Waals surface area (Å²) in [6, 6.07) is 0. The van der Waals surface area contributed by atoms with Gasteiger partial charge in [-0.2, -0.15) is 0 Å². The third-order valence-electron chi connectivity index (χ3n) is 0.792. The molecule has 3 nitrogen and oxygen atoms in total. The molecule has 0 radical (unpaired) electrons. The van der Waals surface area contributed by atoms with Crippen molar-refractivity contribution in [2.24, 2.45) is 0 Å². The fourth-order valence-corrected chi connectivity index (χ4v) is 0.822. The summed E-state index contributed by atoms with van der Waals surface area (Å²) in [5, 5.41) is 0. The molecule has 1 aromatic heterocycles. The van der Waals surface area contributed by atoms with Crippen molar-refractivity contribution in [1.29, 1.82) is 0 Å². The molecule has 9 heavy (non-hydrogen) atoms. The van der Waals surface area contributed by atoms with Crippen LogP contribution in [-0.2, 0) is 0 Å². The highest BCUT2D eigenvalue weighted by Gasteiger charge is 1.91. The smallest absolute Gasteiger partial charge is 0.233 e. The summed E-state index contributed by atoms with van der Waals surface area (Å²) in [4.78, 5) is 7.85. The molecule has 1 aromatic rings. The number of methoxy groups -OCH3 is 1. The van der Waals surface area contributed by atoms with Crippen LogP contribution in [0.15, 0.2) is 12.4 Å². The van der Waals surface area contributed by atoms with Crippen LogP contribution in [0.5, 0.6) is 5.88 Å². The highest BCUT2D eigenvalue weighted by molar-refractivity contribution is 14.1. The molecular formula is C5H5IN2O. The van der Waals surface area contributed by atoms with Crippen LogP contribution in [0, 0.1) is 3.70 Å². The first-order chi connectivity index (χ1) is 4.33. The van der Waals surface area contributed by atoms with Gasteiger partial charge in [0.15, 0.2) is 0 Å². The monoisotopic (exact) mass is 236 g/mol. The van der Waals surface area contributed by atoms with Gasteiger partial charge in [-0.3, -0.25) is 4.98 Å². The minimum atomic E-state index is 0.557. The number of aromatic nitrogens is 2. The Morgan fingerprint density at radius 3 is 2.78 bits per heavy atom. The number of hydrogen-bond acceptors (Lipinski definition) is 3. The number of nitrogens with zero attached hydrogens (tertiary/aromatic N) is 2. The Balaban J connectivity index is 2.94. The van der Waals surface area contributed by atoms with Crippen LogP contribution in [0.1, 0.15) is 0 Å². The fraction of sp³-hybridized carbons (Fsp3) is 0.200. The average molecular weight is 236 g/mol. The van der Waals surface area contributed by atoms with Crippen molar-refractivity contribution in [3.63, 3.8) is 0 Å². The molecule has 1 heterocycles. The molecule has 0 aliphatic rings.